The van der Waals surface area contributed by atoms with E-state index in [9.17, 15) is 0 Å². The van der Waals surface area contributed by atoms with E-state index in [2.05, 4.69) is 19.2 Å². The molecule has 0 aromatic heterocycles. The van der Waals surface area contributed by atoms with Crippen molar-refractivity contribution in [2.45, 2.75) is 37.9 Å². The summed E-state index contributed by atoms with van der Waals surface area (Å²) in [6.45, 7) is 9.79. The third-order valence-corrected chi connectivity index (χ3v) is 4.89. The van der Waals surface area contributed by atoms with Gasteiger partial charge in [0.2, 0.25) is 0 Å². The van der Waals surface area contributed by atoms with Crippen LogP contribution in [-0.4, -0.2) is 19.0 Å². The summed E-state index contributed by atoms with van der Waals surface area (Å²) in [6, 6.07) is 0. The Hall–Kier alpha value is -0.600. The highest BCUT2D eigenvalue weighted by molar-refractivity contribution is 5.13. The minimum atomic E-state index is -0.264. The van der Waals surface area contributed by atoms with Gasteiger partial charge in [0.1, 0.15) is 0 Å². The summed E-state index contributed by atoms with van der Waals surface area (Å²) in [5.41, 5.74) is 1.45. The van der Waals surface area contributed by atoms with E-state index in [4.69, 9.17) is 9.47 Å². The van der Waals surface area contributed by atoms with Crippen molar-refractivity contribution >= 4 is 0 Å². The third kappa shape index (κ3) is 1.88. The molecule has 3 atom stereocenters. The Labute approximate surface area is 104 Å². The zero-order valence-electron chi connectivity index (χ0n) is 10.5. The zero-order chi connectivity index (χ0) is 11.9. The molecule has 0 radical (unpaired) electrons. The number of rotatable bonds is 1. The van der Waals surface area contributed by atoms with E-state index < -0.39 is 0 Å². The van der Waals surface area contributed by atoms with Crippen molar-refractivity contribution in [3.8, 4) is 0 Å². The Kier molecular flexibility index (Phi) is 2.87. The highest BCUT2D eigenvalue weighted by atomic mass is 16.7. The minimum absolute atomic E-state index is 0.264. The Morgan fingerprint density at radius 3 is 2.71 bits per heavy atom. The van der Waals surface area contributed by atoms with Crippen LogP contribution in [0.5, 0.6) is 0 Å². The van der Waals surface area contributed by atoms with Crippen molar-refractivity contribution in [3.63, 3.8) is 0 Å². The predicted molar refractivity (Wildman–Crippen MR) is 67.5 cm³/mol. The number of fused-ring (bicyclic) bond motifs is 1. The van der Waals surface area contributed by atoms with Gasteiger partial charge in [-0.25, -0.2) is 0 Å². The molecule has 17 heavy (non-hydrogen) atoms. The molecule has 0 N–H and O–H groups in total. The molecule has 1 heterocycles. The molecule has 0 amide bonds. The molecule has 2 saturated carbocycles. The maximum absolute atomic E-state index is 5.87. The lowest BCUT2D eigenvalue weighted by molar-refractivity contribution is -0.197. The lowest BCUT2D eigenvalue weighted by Gasteiger charge is -2.47. The predicted octanol–water partition coefficient (Wildman–Crippen LogP) is 3.30. The monoisotopic (exact) mass is 234 g/mol. The first-order valence-corrected chi connectivity index (χ1v) is 6.82. The van der Waals surface area contributed by atoms with Crippen LogP contribution in [0.25, 0.3) is 0 Å². The number of hydrogen-bond acceptors (Lipinski definition) is 2. The lowest BCUT2D eigenvalue weighted by atomic mass is 9.62. The molecule has 0 unspecified atom stereocenters. The van der Waals surface area contributed by atoms with Crippen LogP contribution >= 0.6 is 0 Å². The van der Waals surface area contributed by atoms with Gasteiger partial charge in [0.15, 0.2) is 5.79 Å². The van der Waals surface area contributed by atoms with Gasteiger partial charge in [0, 0.05) is 12.8 Å². The van der Waals surface area contributed by atoms with Crippen molar-refractivity contribution in [2.75, 3.05) is 13.2 Å². The topological polar surface area (TPSA) is 18.5 Å². The molecule has 0 aromatic rings. The summed E-state index contributed by atoms with van der Waals surface area (Å²) in [7, 11) is 0. The fourth-order valence-corrected chi connectivity index (χ4v) is 3.95. The molecule has 0 aromatic carbocycles. The Bertz CT molecular complexity index is 328. The van der Waals surface area contributed by atoms with Gasteiger partial charge in [-0.3, -0.25) is 0 Å². The summed E-state index contributed by atoms with van der Waals surface area (Å²) in [6.07, 6.45) is 7.77. The van der Waals surface area contributed by atoms with Crippen LogP contribution < -0.4 is 0 Å². The summed E-state index contributed by atoms with van der Waals surface area (Å²) in [5, 5.41) is 0. The lowest BCUT2D eigenvalue weighted by Crippen LogP contribution is -2.44. The summed E-state index contributed by atoms with van der Waals surface area (Å²) < 4.78 is 11.7. The second-order valence-corrected chi connectivity index (χ2v) is 5.72. The Balaban J connectivity index is 1.81. The molecule has 1 aliphatic heterocycles. The zero-order valence-corrected chi connectivity index (χ0v) is 10.5. The van der Waals surface area contributed by atoms with Gasteiger partial charge in [-0.05, 0) is 37.0 Å². The van der Waals surface area contributed by atoms with Crippen molar-refractivity contribution in [3.05, 3.63) is 24.8 Å². The molecule has 94 valence electrons. The molecule has 0 bridgehead atoms. The highest BCUT2D eigenvalue weighted by Gasteiger charge is 2.48. The van der Waals surface area contributed by atoms with Crippen molar-refractivity contribution in [2.24, 2.45) is 17.8 Å². The first-order valence-electron chi connectivity index (χ1n) is 6.82. The fraction of sp³-hybridized carbons (Fsp3) is 0.733. The second kappa shape index (κ2) is 4.25. The summed E-state index contributed by atoms with van der Waals surface area (Å²) in [5.74, 6) is 1.67. The molecule has 3 aliphatic rings. The van der Waals surface area contributed by atoms with Crippen molar-refractivity contribution < 1.29 is 9.47 Å². The number of ether oxygens (including phenoxy) is 2. The molecule has 2 aliphatic carbocycles. The number of hydrogen-bond donors (Lipinski definition) is 0. The highest BCUT2D eigenvalue weighted by Crippen LogP contribution is 2.51. The SMILES string of the molecule is C=C[C@H]1CCC(=C)[C@H]2CCC3(C[C@@H]21)OCCO3. The summed E-state index contributed by atoms with van der Waals surface area (Å²) >= 11 is 0. The van der Waals surface area contributed by atoms with Crippen molar-refractivity contribution in [1.29, 1.82) is 0 Å². The molecule has 3 rings (SSSR count). The maximum atomic E-state index is 5.87. The average molecular weight is 234 g/mol. The smallest absolute Gasteiger partial charge is 0.168 e. The van der Waals surface area contributed by atoms with E-state index in [1.807, 2.05) is 0 Å². The molecule has 2 nitrogen and oxygen atoms in total. The number of allylic oxidation sites excluding steroid dienone is 2. The van der Waals surface area contributed by atoms with Gasteiger partial charge in [-0.2, -0.15) is 0 Å². The quantitative estimate of drug-likeness (QED) is 0.648. The normalized spacial score (nSPS) is 40.2. The minimum Gasteiger partial charge on any atom is -0.348 e. The van der Waals surface area contributed by atoms with Gasteiger partial charge >= 0.3 is 0 Å². The third-order valence-electron chi connectivity index (χ3n) is 4.89. The van der Waals surface area contributed by atoms with E-state index in [-0.39, 0.29) is 5.79 Å². The van der Waals surface area contributed by atoms with Crippen LogP contribution in [0.15, 0.2) is 24.8 Å². The summed E-state index contributed by atoms with van der Waals surface area (Å²) in [4.78, 5) is 0. The van der Waals surface area contributed by atoms with Crippen LogP contribution in [0.4, 0.5) is 0 Å². The van der Waals surface area contributed by atoms with Crippen LogP contribution in [0.3, 0.4) is 0 Å². The first kappa shape index (κ1) is 11.5. The van der Waals surface area contributed by atoms with Crippen LogP contribution in [0, 0.1) is 17.8 Å². The Morgan fingerprint density at radius 2 is 2.00 bits per heavy atom. The Morgan fingerprint density at radius 1 is 1.24 bits per heavy atom. The fourth-order valence-electron chi connectivity index (χ4n) is 3.95. The van der Waals surface area contributed by atoms with Gasteiger partial charge < -0.3 is 9.47 Å². The first-order chi connectivity index (χ1) is 8.24. The molecule has 3 fully saturated rings. The van der Waals surface area contributed by atoms with E-state index in [1.54, 1.807) is 0 Å². The molecule has 2 heteroatoms. The van der Waals surface area contributed by atoms with E-state index in [1.165, 1.54) is 24.8 Å². The van der Waals surface area contributed by atoms with Crippen molar-refractivity contribution in [1.82, 2.24) is 0 Å². The van der Waals surface area contributed by atoms with Gasteiger partial charge in [-0.1, -0.05) is 18.2 Å². The van der Waals surface area contributed by atoms with Crippen LogP contribution in [-0.2, 0) is 9.47 Å². The van der Waals surface area contributed by atoms with E-state index >= 15 is 0 Å². The van der Waals surface area contributed by atoms with Gasteiger partial charge in [0.05, 0.1) is 13.2 Å². The molecule has 1 saturated heterocycles. The molecular formula is C15H22O2. The molecular weight excluding hydrogens is 212 g/mol. The van der Waals surface area contributed by atoms with Crippen LogP contribution in [0.1, 0.15) is 32.1 Å². The van der Waals surface area contributed by atoms with E-state index in [0.717, 1.165) is 26.1 Å². The average Bonchev–Trinajstić information content (AvgIpc) is 2.78. The maximum Gasteiger partial charge on any atom is 0.168 e. The second-order valence-electron chi connectivity index (χ2n) is 5.72. The van der Waals surface area contributed by atoms with Gasteiger partial charge in [0.25, 0.3) is 0 Å². The standard InChI is InChI=1S/C15H22O2/c1-3-12-5-4-11(2)13-6-7-15(10-14(12)13)16-8-9-17-15/h3,12-14H,1-2,4-10H2/t12-,13+,14+/m0/s1. The van der Waals surface area contributed by atoms with Gasteiger partial charge in [-0.15, -0.1) is 6.58 Å². The molecule has 1 spiro atoms. The van der Waals surface area contributed by atoms with E-state index in [0.29, 0.717) is 17.8 Å². The van der Waals surface area contributed by atoms with Crippen LogP contribution in [0.2, 0.25) is 0 Å². The largest absolute Gasteiger partial charge is 0.348 e.